The van der Waals surface area contributed by atoms with Gasteiger partial charge in [-0.1, -0.05) is 17.7 Å². The van der Waals surface area contributed by atoms with Crippen LogP contribution in [0.5, 0.6) is 0 Å². The third-order valence-corrected chi connectivity index (χ3v) is 5.36. The van der Waals surface area contributed by atoms with Gasteiger partial charge in [-0.25, -0.2) is 4.79 Å². The van der Waals surface area contributed by atoms with E-state index in [2.05, 4.69) is 27.0 Å². The van der Waals surface area contributed by atoms with Crippen molar-refractivity contribution in [2.24, 2.45) is 0 Å². The van der Waals surface area contributed by atoms with E-state index in [0.717, 1.165) is 28.9 Å². The van der Waals surface area contributed by atoms with Crippen LogP contribution in [0, 0.1) is 0 Å². The number of urea groups is 1. The second kappa shape index (κ2) is 6.54. The SMILES string of the molecule is CC1Cc2[nH]nc(-c3ccsc3)c2CN1C(=O)Nc1cccc(Cl)c1. The maximum atomic E-state index is 12.8. The normalized spacial score (nSPS) is 16.6. The Morgan fingerprint density at radius 1 is 1.44 bits per heavy atom. The summed E-state index contributed by atoms with van der Waals surface area (Å²) in [7, 11) is 0. The topological polar surface area (TPSA) is 61.0 Å². The molecule has 0 radical (unpaired) electrons. The van der Waals surface area contributed by atoms with Gasteiger partial charge in [0.2, 0.25) is 0 Å². The van der Waals surface area contributed by atoms with Crippen molar-refractivity contribution < 1.29 is 4.79 Å². The van der Waals surface area contributed by atoms with E-state index in [4.69, 9.17) is 11.6 Å². The first kappa shape index (κ1) is 16.2. The number of fused-ring (bicyclic) bond motifs is 1. The number of anilines is 1. The number of aromatic amines is 1. The fourth-order valence-corrected chi connectivity index (χ4v) is 3.97. The Kier molecular flexibility index (Phi) is 4.23. The quantitative estimate of drug-likeness (QED) is 0.680. The zero-order chi connectivity index (χ0) is 17.4. The van der Waals surface area contributed by atoms with E-state index >= 15 is 0 Å². The number of thiophene rings is 1. The summed E-state index contributed by atoms with van der Waals surface area (Å²) in [5.41, 5.74) is 4.93. The molecular formula is C18H17ClN4OS. The molecule has 0 spiro atoms. The van der Waals surface area contributed by atoms with Gasteiger partial charge in [0.05, 0.1) is 12.2 Å². The predicted molar refractivity (Wildman–Crippen MR) is 101 cm³/mol. The highest BCUT2D eigenvalue weighted by molar-refractivity contribution is 7.08. The summed E-state index contributed by atoms with van der Waals surface area (Å²) in [6.07, 6.45) is 0.759. The van der Waals surface area contributed by atoms with Crippen molar-refractivity contribution >= 4 is 34.7 Å². The highest BCUT2D eigenvalue weighted by Gasteiger charge is 2.30. The number of halogens is 1. The molecule has 2 aromatic heterocycles. The minimum absolute atomic E-state index is 0.0856. The molecule has 0 aliphatic carbocycles. The number of carbonyl (C=O) groups is 1. The Hall–Kier alpha value is -2.31. The van der Waals surface area contributed by atoms with Crippen LogP contribution in [0.3, 0.4) is 0 Å². The van der Waals surface area contributed by atoms with Gasteiger partial charge in [-0.15, -0.1) is 0 Å². The summed E-state index contributed by atoms with van der Waals surface area (Å²) < 4.78 is 0. The number of benzene rings is 1. The number of hydrogen-bond acceptors (Lipinski definition) is 3. The molecule has 2 N–H and O–H groups in total. The minimum Gasteiger partial charge on any atom is -0.317 e. The van der Waals surface area contributed by atoms with Gasteiger partial charge in [0.15, 0.2) is 0 Å². The molecule has 5 nitrogen and oxygen atoms in total. The molecule has 0 fully saturated rings. The summed E-state index contributed by atoms with van der Waals surface area (Å²) in [5.74, 6) is 0. The van der Waals surface area contributed by atoms with Gasteiger partial charge in [0, 0.05) is 45.4 Å². The molecule has 0 bridgehead atoms. The van der Waals surface area contributed by atoms with Crippen LogP contribution in [0.4, 0.5) is 10.5 Å². The van der Waals surface area contributed by atoms with Crippen molar-refractivity contribution in [1.82, 2.24) is 15.1 Å². The van der Waals surface area contributed by atoms with Crippen LogP contribution in [0.1, 0.15) is 18.2 Å². The van der Waals surface area contributed by atoms with Crippen molar-refractivity contribution in [2.75, 3.05) is 5.32 Å². The molecule has 1 atom stereocenters. The minimum atomic E-state index is -0.127. The van der Waals surface area contributed by atoms with Gasteiger partial charge < -0.3 is 10.2 Å². The Morgan fingerprint density at radius 2 is 2.32 bits per heavy atom. The fraction of sp³-hybridized carbons (Fsp3) is 0.222. The van der Waals surface area contributed by atoms with Crippen molar-refractivity contribution in [1.29, 1.82) is 0 Å². The van der Waals surface area contributed by atoms with Crippen LogP contribution in [-0.2, 0) is 13.0 Å². The Morgan fingerprint density at radius 3 is 3.08 bits per heavy atom. The molecule has 4 rings (SSSR count). The molecule has 1 unspecified atom stereocenters. The van der Waals surface area contributed by atoms with Gasteiger partial charge in [-0.3, -0.25) is 5.10 Å². The molecular weight excluding hydrogens is 356 g/mol. The number of carbonyl (C=O) groups excluding carboxylic acids is 1. The number of nitrogens with one attached hydrogen (secondary N) is 2. The van der Waals surface area contributed by atoms with Crippen molar-refractivity contribution in [3.05, 3.63) is 57.4 Å². The second-order valence-corrected chi connectivity index (χ2v) is 7.38. The fourth-order valence-electron chi connectivity index (χ4n) is 3.14. The summed E-state index contributed by atoms with van der Waals surface area (Å²) in [6, 6.07) is 9.19. The van der Waals surface area contributed by atoms with Crippen molar-refractivity contribution in [3.8, 4) is 11.3 Å². The number of H-pyrrole nitrogens is 1. The van der Waals surface area contributed by atoms with E-state index in [-0.39, 0.29) is 12.1 Å². The first-order valence-corrected chi connectivity index (χ1v) is 9.36. The molecule has 2 amide bonds. The standard InChI is InChI=1S/C18H17ClN4OS/c1-11-7-16-15(17(22-21-16)12-5-6-25-10-12)9-23(11)18(24)20-14-4-2-3-13(19)8-14/h2-6,8,10-11H,7,9H2,1H3,(H,20,24)(H,21,22). The van der Waals surface area contributed by atoms with Crippen LogP contribution in [0.2, 0.25) is 5.02 Å². The van der Waals surface area contributed by atoms with Gasteiger partial charge >= 0.3 is 6.03 Å². The molecule has 1 aliphatic rings. The summed E-state index contributed by atoms with van der Waals surface area (Å²) in [6.45, 7) is 2.58. The number of rotatable bonds is 2. The lowest BCUT2D eigenvalue weighted by atomic mass is 9.98. The molecule has 25 heavy (non-hydrogen) atoms. The van der Waals surface area contributed by atoms with Crippen molar-refractivity contribution in [2.45, 2.75) is 25.9 Å². The van der Waals surface area contributed by atoms with E-state index in [1.54, 1.807) is 23.5 Å². The Bertz CT molecular complexity index is 906. The first-order valence-electron chi connectivity index (χ1n) is 8.03. The van der Waals surface area contributed by atoms with Crippen LogP contribution in [0.25, 0.3) is 11.3 Å². The average molecular weight is 373 g/mol. The zero-order valence-electron chi connectivity index (χ0n) is 13.6. The first-order chi connectivity index (χ1) is 12.1. The van der Waals surface area contributed by atoms with Gasteiger partial charge in [0.25, 0.3) is 0 Å². The van der Waals surface area contributed by atoms with E-state index in [1.807, 2.05) is 29.3 Å². The van der Waals surface area contributed by atoms with E-state index < -0.39 is 0 Å². The van der Waals surface area contributed by atoms with Crippen LogP contribution < -0.4 is 5.32 Å². The van der Waals surface area contributed by atoms with Crippen LogP contribution in [-0.4, -0.2) is 27.2 Å². The van der Waals surface area contributed by atoms with E-state index in [1.165, 1.54) is 0 Å². The summed E-state index contributed by atoms with van der Waals surface area (Å²) in [5, 5.41) is 15.3. The molecule has 7 heteroatoms. The summed E-state index contributed by atoms with van der Waals surface area (Å²) >= 11 is 7.64. The Labute approximate surface area is 154 Å². The van der Waals surface area contributed by atoms with Crippen molar-refractivity contribution in [3.63, 3.8) is 0 Å². The summed E-state index contributed by atoms with van der Waals surface area (Å²) in [4.78, 5) is 14.6. The van der Waals surface area contributed by atoms with Crippen LogP contribution >= 0.6 is 22.9 Å². The Balaban J connectivity index is 1.58. The lowest BCUT2D eigenvalue weighted by Gasteiger charge is -2.33. The molecule has 3 aromatic rings. The van der Waals surface area contributed by atoms with Crippen LogP contribution in [0.15, 0.2) is 41.1 Å². The highest BCUT2D eigenvalue weighted by atomic mass is 35.5. The third-order valence-electron chi connectivity index (χ3n) is 4.44. The molecule has 0 saturated carbocycles. The lowest BCUT2D eigenvalue weighted by Crippen LogP contribution is -2.44. The number of amides is 2. The molecule has 1 aliphatic heterocycles. The smallest absolute Gasteiger partial charge is 0.317 e. The zero-order valence-corrected chi connectivity index (χ0v) is 15.2. The van der Waals surface area contributed by atoms with Gasteiger partial charge in [-0.05, 0) is 36.6 Å². The highest BCUT2D eigenvalue weighted by Crippen LogP contribution is 2.31. The number of nitrogens with zero attached hydrogens (tertiary/aromatic N) is 2. The number of aromatic nitrogens is 2. The molecule has 128 valence electrons. The second-order valence-electron chi connectivity index (χ2n) is 6.16. The maximum Gasteiger partial charge on any atom is 0.322 e. The maximum absolute atomic E-state index is 12.8. The van der Waals surface area contributed by atoms with E-state index in [9.17, 15) is 4.79 Å². The van der Waals surface area contributed by atoms with Gasteiger partial charge in [0.1, 0.15) is 0 Å². The molecule has 0 saturated heterocycles. The van der Waals surface area contributed by atoms with E-state index in [0.29, 0.717) is 17.3 Å². The third kappa shape index (κ3) is 3.15. The van der Waals surface area contributed by atoms with Gasteiger partial charge in [-0.2, -0.15) is 16.4 Å². The lowest BCUT2D eigenvalue weighted by molar-refractivity contribution is 0.182. The predicted octanol–water partition coefficient (Wildman–Crippen LogP) is 4.77. The molecule has 3 heterocycles. The number of hydrogen-bond donors (Lipinski definition) is 2. The monoisotopic (exact) mass is 372 g/mol. The largest absolute Gasteiger partial charge is 0.322 e. The average Bonchev–Trinajstić information content (AvgIpc) is 3.22. The molecule has 1 aromatic carbocycles.